The first-order valence-electron chi connectivity index (χ1n) is 12.5. The van der Waals surface area contributed by atoms with Crippen LogP contribution in [0.2, 0.25) is 0 Å². The summed E-state index contributed by atoms with van der Waals surface area (Å²) in [5.74, 6) is 0.0908. The lowest BCUT2D eigenvalue weighted by molar-refractivity contribution is -0.136. The Labute approximate surface area is 208 Å². The number of hydrogen-bond acceptors (Lipinski definition) is 4. The molecule has 0 aromatic heterocycles. The molecule has 0 saturated carbocycles. The molecule has 2 fully saturated rings. The normalized spacial score (nSPS) is 19.0. The smallest absolute Gasteiger partial charge is 0.243 e. The maximum atomic E-state index is 13.3. The summed E-state index contributed by atoms with van der Waals surface area (Å²) in [5.41, 5.74) is 1.30. The predicted octanol–water partition coefficient (Wildman–Crippen LogP) is 3.98. The van der Waals surface area contributed by atoms with Gasteiger partial charge in [0.25, 0.3) is 0 Å². The van der Waals surface area contributed by atoms with Gasteiger partial charge in [-0.3, -0.25) is 9.69 Å². The Hall–Kier alpha value is -2.74. The Balaban J connectivity index is 1.17. The van der Waals surface area contributed by atoms with Crippen LogP contribution in [0, 0.1) is 5.92 Å². The van der Waals surface area contributed by atoms with Crippen molar-refractivity contribution in [1.29, 1.82) is 0 Å². The van der Waals surface area contributed by atoms with Gasteiger partial charge in [-0.15, -0.1) is 0 Å². The zero-order valence-corrected chi connectivity index (χ0v) is 20.9. The number of carbonyl (C=O) groups excluding carboxylic acids is 1. The van der Waals surface area contributed by atoms with Crippen molar-refractivity contribution < 1.29 is 13.2 Å². The summed E-state index contributed by atoms with van der Waals surface area (Å²) in [6.07, 6.45) is 2.12. The van der Waals surface area contributed by atoms with E-state index in [1.165, 1.54) is 5.56 Å². The van der Waals surface area contributed by atoms with Gasteiger partial charge in [0.15, 0.2) is 0 Å². The number of carbonyl (C=O) groups is 1. The zero-order valence-electron chi connectivity index (χ0n) is 20.1. The van der Waals surface area contributed by atoms with E-state index in [9.17, 15) is 13.2 Å². The van der Waals surface area contributed by atoms with Crippen molar-refractivity contribution in [2.75, 3.05) is 39.3 Å². The van der Waals surface area contributed by atoms with E-state index in [1.54, 1.807) is 16.4 Å². The van der Waals surface area contributed by atoms with Gasteiger partial charge in [0.05, 0.1) is 4.90 Å². The Morgan fingerprint density at radius 3 is 2.26 bits per heavy atom. The van der Waals surface area contributed by atoms with E-state index < -0.39 is 10.0 Å². The van der Waals surface area contributed by atoms with E-state index in [0.717, 1.165) is 49.9 Å². The van der Waals surface area contributed by atoms with Crippen molar-refractivity contribution in [3.63, 3.8) is 0 Å². The number of rotatable bonds is 5. The van der Waals surface area contributed by atoms with Gasteiger partial charge in [-0.2, -0.15) is 4.31 Å². The summed E-state index contributed by atoms with van der Waals surface area (Å²) in [6, 6.07) is 23.5. The molecule has 1 amide bonds. The number of piperidine rings is 1. The standard InChI is InChI=1S/C28H33N3O3S/c32-28(30-16-6-15-29(19-20-30)22-23-7-2-1-3-8-23)25-13-17-31(18-14-25)35(33,34)27-12-11-24-9-4-5-10-26(24)21-27/h1-5,7-12,21,25H,6,13-20,22H2. The van der Waals surface area contributed by atoms with E-state index in [0.29, 0.717) is 30.8 Å². The van der Waals surface area contributed by atoms with Crippen LogP contribution < -0.4 is 0 Å². The second-order valence-electron chi connectivity index (χ2n) is 9.63. The lowest BCUT2D eigenvalue weighted by atomic mass is 9.96. The highest BCUT2D eigenvalue weighted by atomic mass is 32.2. The van der Waals surface area contributed by atoms with Gasteiger partial charge < -0.3 is 4.90 Å². The molecule has 184 valence electrons. The molecule has 5 rings (SSSR count). The van der Waals surface area contributed by atoms with Gasteiger partial charge in [-0.1, -0.05) is 60.7 Å². The van der Waals surface area contributed by atoms with E-state index in [-0.39, 0.29) is 11.8 Å². The Bertz CT molecular complexity index is 1270. The maximum absolute atomic E-state index is 13.3. The molecule has 0 N–H and O–H groups in total. The van der Waals surface area contributed by atoms with Crippen molar-refractivity contribution in [3.8, 4) is 0 Å². The fourth-order valence-corrected chi connectivity index (χ4v) is 6.77. The fourth-order valence-electron chi connectivity index (χ4n) is 5.27. The number of hydrogen-bond donors (Lipinski definition) is 0. The fraction of sp³-hybridized carbons (Fsp3) is 0.393. The first kappa shape index (κ1) is 24.0. The Morgan fingerprint density at radius 1 is 0.771 bits per heavy atom. The number of nitrogens with zero attached hydrogens (tertiary/aromatic N) is 3. The molecule has 2 heterocycles. The molecule has 0 spiro atoms. The monoisotopic (exact) mass is 491 g/mol. The number of sulfonamides is 1. The number of benzene rings is 3. The molecule has 35 heavy (non-hydrogen) atoms. The topological polar surface area (TPSA) is 60.9 Å². The number of amides is 1. The average molecular weight is 492 g/mol. The van der Waals surface area contributed by atoms with Crippen LogP contribution in [0.15, 0.2) is 77.7 Å². The molecule has 0 aliphatic carbocycles. The highest BCUT2D eigenvalue weighted by Crippen LogP contribution is 2.27. The van der Waals surface area contributed by atoms with E-state index >= 15 is 0 Å². The van der Waals surface area contributed by atoms with Gasteiger partial charge in [0, 0.05) is 51.7 Å². The SMILES string of the molecule is O=C(C1CCN(S(=O)(=O)c2ccc3ccccc3c2)CC1)N1CCCN(Cc2ccccc2)CC1. The molecule has 7 heteroatoms. The minimum absolute atomic E-state index is 0.0984. The third-order valence-corrected chi connectivity index (χ3v) is 9.21. The number of fused-ring (bicyclic) bond motifs is 1. The summed E-state index contributed by atoms with van der Waals surface area (Å²) in [4.78, 5) is 18.0. The summed E-state index contributed by atoms with van der Waals surface area (Å²) in [7, 11) is -3.57. The van der Waals surface area contributed by atoms with Crippen LogP contribution in [0.4, 0.5) is 0 Å². The summed E-state index contributed by atoms with van der Waals surface area (Å²) in [5, 5.41) is 1.94. The average Bonchev–Trinajstić information content (AvgIpc) is 3.14. The molecule has 2 aliphatic rings. The minimum Gasteiger partial charge on any atom is -0.341 e. The summed E-state index contributed by atoms with van der Waals surface area (Å²) < 4.78 is 28.1. The zero-order chi connectivity index (χ0) is 24.3. The molecule has 2 saturated heterocycles. The van der Waals surface area contributed by atoms with Gasteiger partial charge in [0.2, 0.25) is 15.9 Å². The van der Waals surface area contributed by atoms with Crippen LogP contribution in [0.1, 0.15) is 24.8 Å². The van der Waals surface area contributed by atoms with Gasteiger partial charge >= 0.3 is 0 Å². The predicted molar refractivity (Wildman–Crippen MR) is 138 cm³/mol. The third-order valence-electron chi connectivity index (χ3n) is 7.31. The third kappa shape index (κ3) is 5.42. The Morgan fingerprint density at radius 2 is 1.49 bits per heavy atom. The lowest BCUT2D eigenvalue weighted by Gasteiger charge is -2.33. The second-order valence-corrected chi connectivity index (χ2v) is 11.6. The van der Waals surface area contributed by atoms with Crippen molar-refractivity contribution in [1.82, 2.24) is 14.1 Å². The van der Waals surface area contributed by atoms with E-state index in [4.69, 9.17) is 0 Å². The maximum Gasteiger partial charge on any atom is 0.243 e. The van der Waals surface area contributed by atoms with E-state index in [2.05, 4.69) is 29.2 Å². The quantitative estimate of drug-likeness (QED) is 0.542. The summed E-state index contributed by atoms with van der Waals surface area (Å²) in [6.45, 7) is 5.06. The van der Waals surface area contributed by atoms with Crippen LogP contribution >= 0.6 is 0 Å². The molecule has 6 nitrogen and oxygen atoms in total. The molecular weight excluding hydrogens is 458 g/mol. The van der Waals surface area contributed by atoms with Crippen LogP contribution in [-0.4, -0.2) is 67.7 Å². The molecule has 3 aromatic carbocycles. The molecule has 2 aliphatic heterocycles. The highest BCUT2D eigenvalue weighted by molar-refractivity contribution is 7.89. The molecule has 0 atom stereocenters. The second kappa shape index (κ2) is 10.5. The van der Waals surface area contributed by atoms with Crippen LogP contribution in [0.25, 0.3) is 10.8 Å². The van der Waals surface area contributed by atoms with Gasteiger partial charge in [-0.25, -0.2) is 8.42 Å². The van der Waals surface area contributed by atoms with Crippen molar-refractivity contribution in [3.05, 3.63) is 78.4 Å². The lowest BCUT2D eigenvalue weighted by Crippen LogP contribution is -2.45. The van der Waals surface area contributed by atoms with Crippen molar-refractivity contribution >= 4 is 26.7 Å². The van der Waals surface area contributed by atoms with Crippen LogP contribution in [0.3, 0.4) is 0 Å². The highest BCUT2D eigenvalue weighted by Gasteiger charge is 2.34. The molecule has 3 aromatic rings. The molecule has 0 unspecified atom stereocenters. The first-order valence-corrected chi connectivity index (χ1v) is 14.0. The largest absolute Gasteiger partial charge is 0.341 e. The van der Waals surface area contributed by atoms with Crippen LogP contribution in [-0.2, 0) is 21.4 Å². The van der Waals surface area contributed by atoms with Crippen LogP contribution in [0.5, 0.6) is 0 Å². The van der Waals surface area contributed by atoms with Gasteiger partial charge in [0.1, 0.15) is 0 Å². The van der Waals surface area contributed by atoms with E-state index in [1.807, 2.05) is 41.3 Å². The Kier molecular flexibility index (Phi) is 7.18. The van der Waals surface area contributed by atoms with Crippen molar-refractivity contribution in [2.45, 2.75) is 30.7 Å². The molecule has 0 bridgehead atoms. The summed E-state index contributed by atoms with van der Waals surface area (Å²) >= 11 is 0. The minimum atomic E-state index is -3.57. The van der Waals surface area contributed by atoms with Crippen molar-refractivity contribution in [2.24, 2.45) is 5.92 Å². The van der Waals surface area contributed by atoms with Gasteiger partial charge in [-0.05, 0) is 47.7 Å². The first-order chi connectivity index (χ1) is 17.0. The molecule has 0 radical (unpaired) electrons. The molecular formula is C28H33N3O3S.